The molecule has 2 aliphatic rings. The van der Waals surface area contributed by atoms with E-state index in [1.165, 1.54) is 6.20 Å². The van der Waals surface area contributed by atoms with Gasteiger partial charge in [0.05, 0.1) is 6.20 Å². The molecule has 0 radical (unpaired) electrons. The maximum absolute atomic E-state index is 14.4. The molecule has 0 aliphatic carbocycles. The van der Waals surface area contributed by atoms with Gasteiger partial charge in [-0.2, -0.15) is 4.39 Å². The topological polar surface area (TPSA) is 82.6 Å². The highest BCUT2D eigenvalue weighted by molar-refractivity contribution is 6.29. The van der Waals surface area contributed by atoms with Gasteiger partial charge in [0.2, 0.25) is 5.95 Å². The zero-order valence-corrected chi connectivity index (χ0v) is 15.5. The summed E-state index contributed by atoms with van der Waals surface area (Å²) in [6.45, 7) is 2.04. The largest absolute Gasteiger partial charge is 0.462 e. The van der Waals surface area contributed by atoms with Gasteiger partial charge in [-0.15, -0.1) is 0 Å². The van der Waals surface area contributed by atoms with Crippen LogP contribution in [-0.2, 0) is 10.3 Å². The average Bonchev–Trinajstić information content (AvgIpc) is 3.07. The number of pyridine rings is 2. The molecule has 3 aromatic rings. The minimum Gasteiger partial charge on any atom is -0.462 e. The molecule has 6 nitrogen and oxygen atoms in total. The van der Waals surface area contributed by atoms with Crippen LogP contribution in [0, 0.1) is 12.9 Å². The molecule has 5 rings (SSSR count). The van der Waals surface area contributed by atoms with Gasteiger partial charge < -0.3 is 15.2 Å². The Morgan fingerprint density at radius 3 is 2.71 bits per heavy atom. The second-order valence-corrected chi connectivity index (χ2v) is 7.15. The quantitative estimate of drug-likeness (QED) is 0.630. The number of hydrogen-bond acceptors (Lipinski definition) is 6. The van der Waals surface area contributed by atoms with Gasteiger partial charge in [-0.05, 0) is 42.3 Å². The highest BCUT2D eigenvalue weighted by Crippen LogP contribution is 2.51. The van der Waals surface area contributed by atoms with Gasteiger partial charge in [0.25, 0.3) is 6.02 Å². The first-order valence-electron chi connectivity index (χ1n) is 8.55. The number of fused-ring (bicyclic) bond motifs is 4. The molecule has 0 bridgehead atoms. The van der Waals surface area contributed by atoms with Crippen molar-refractivity contribution in [1.29, 1.82) is 0 Å². The third-order valence-corrected chi connectivity index (χ3v) is 5.15. The van der Waals surface area contributed by atoms with Crippen molar-refractivity contribution in [3.8, 4) is 22.6 Å². The molecule has 0 fully saturated rings. The Kier molecular flexibility index (Phi) is 3.57. The summed E-state index contributed by atoms with van der Waals surface area (Å²) in [6, 6.07) is 8.89. The van der Waals surface area contributed by atoms with E-state index in [1.54, 1.807) is 30.5 Å². The second-order valence-electron chi connectivity index (χ2n) is 6.77. The summed E-state index contributed by atoms with van der Waals surface area (Å²) in [5.74, 6) is 0.549. The van der Waals surface area contributed by atoms with Crippen LogP contribution >= 0.6 is 11.6 Å². The number of aromatic nitrogens is 2. The summed E-state index contributed by atoms with van der Waals surface area (Å²) >= 11 is 6.12. The van der Waals surface area contributed by atoms with Gasteiger partial charge >= 0.3 is 0 Å². The van der Waals surface area contributed by atoms with E-state index < -0.39 is 11.5 Å². The van der Waals surface area contributed by atoms with E-state index >= 15 is 0 Å². The van der Waals surface area contributed by atoms with E-state index in [9.17, 15) is 4.39 Å². The normalized spacial score (nSPS) is 19.5. The number of nitrogens with zero attached hydrogens (tertiary/aromatic N) is 3. The smallest absolute Gasteiger partial charge is 0.283 e. The summed E-state index contributed by atoms with van der Waals surface area (Å²) in [6.07, 6.45) is 3.04. The number of amidine groups is 1. The number of benzene rings is 1. The number of nitrogens with two attached hydrogens (primary N) is 1. The van der Waals surface area contributed by atoms with Crippen LogP contribution in [-0.4, -0.2) is 22.6 Å². The first kappa shape index (κ1) is 16.9. The maximum atomic E-state index is 14.4. The standard InChI is InChI=1S/C20H14ClFN4O2/c1-10-4-12(18(22)25-7-10)11-2-3-15-13(5-11)20(9-27-19(23)26-20)14-6-17(21)24-8-16(14)28-15/h2-8H,9H2,1H3,(H2,23,26)/t20-/m0/s1. The van der Waals surface area contributed by atoms with Crippen LogP contribution in [0.1, 0.15) is 16.7 Å². The second kappa shape index (κ2) is 5.90. The minimum absolute atomic E-state index is 0.0699. The molecule has 0 saturated carbocycles. The number of halogens is 2. The molecule has 0 saturated heterocycles. The first-order chi connectivity index (χ1) is 13.5. The number of rotatable bonds is 1. The van der Waals surface area contributed by atoms with Crippen LogP contribution in [0.25, 0.3) is 11.1 Å². The summed E-state index contributed by atoms with van der Waals surface area (Å²) in [4.78, 5) is 12.5. The lowest BCUT2D eigenvalue weighted by atomic mass is 9.81. The molecule has 28 heavy (non-hydrogen) atoms. The van der Waals surface area contributed by atoms with Crippen molar-refractivity contribution in [3.05, 3.63) is 70.5 Å². The van der Waals surface area contributed by atoms with Gasteiger partial charge in [-0.3, -0.25) is 0 Å². The van der Waals surface area contributed by atoms with Crippen molar-refractivity contribution < 1.29 is 13.9 Å². The van der Waals surface area contributed by atoms with Crippen LogP contribution in [0.3, 0.4) is 0 Å². The highest BCUT2D eigenvalue weighted by Gasteiger charge is 2.47. The molecular formula is C20H14ClFN4O2. The summed E-state index contributed by atoms with van der Waals surface area (Å²) in [5, 5.41) is 0.302. The summed E-state index contributed by atoms with van der Waals surface area (Å²) in [5.41, 5.74) is 8.22. The Labute approximate surface area is 164 Å². The van der Waals surface area contributed by atoms with E-state index in [0.29, 0.717) is 38.9 Å². The lowest BCUT2D eigenvalue weighted by Gasteiger charge is -2.33. The van der Waals surface area contributed by atoms with Gasteiger partial charge in [0.15, 0.2) is 11.3 Å². The molecule has 4 heterocycles. The fourth-order valence-corrected chi connectivity index (χ4v) is 3.82. The predicted molar refractivity (Wildman–Crippen MR) is 102 cm³/mol. The van der Waals surface area contributed by atoms with Crippen molar-refractivity contribution in [1.82, 2.24) is 9.97 Å². The maximum Gasteiger partial charge on any atom is 0.283 e. The van der Waals surface area contributed by atoms with E-state index in [2.05, 4.69) is 15.0 Å². The van der Waals surface area contributed by atoms with Gasteiger partial charge in [-0.25, -0.2) is 15.0 Å². The molecule has 140 valence electrons. The number of ether oxygens (including phenoxy) is 2. The van der Waals surface area contributed by atoms with E-state index in [4.69, 9.17) is 26.8 Å². The molecule has 1 spiro atoms. The third kappa shape index (κ3) is 2.43. The highest BCUT2D eigenvalue weighted by atomic mass is 35.5. The average molecular weight is 397 g/mol. The lowest BCUT2D eigenvalue weighted by Crippen LogP contribution is -2.31. The van der Waals surface area contributed by atoms with Crippen LogP contribution in [0.5, 0.6) is 11.5 Å². The molecule has 1 atom stereocenters. The molecule has 0 amide bonds. The zero-order valence-electron chi connectivity index (χ0n) is 14.7. The van der Waals surface area contributed by atoms with Crippen molar-refractivity contribution in [2.24, 2.45) is 10.7 Å². The molecule has 2 aromatic heterocycles. The van der Waals surface area contributed by atoms with Crippen molar-refractivity contribution in [3.63, 3.8) is 0 Å². The van der Waals surface area contributed by atoms with E-state index in [1.807, 2.05) is 13.0 Å². The Morgan fingerprint density at radius 1 is 1.11 bits per heavy atom. The van der Waals surface area contributed by atoms with Crippen molar-refractivity contribution >= 4 is 17.6 Å². The van der Waals surface area contributed by atoms with Gasteiger partial charge in [0.1, 0.15) is 17.5 Å². The summed E-state index contributed by atoms with van der Waals surface area (Å²) < 4.78 is 25.9. The predicted octanol–water partition coefficient (Wildman–Crippen LogP) is 3.94. The van der Waals surface area contributed by atoms with Gasteiger partial charge in [-0.1, -0.05) is 17.7 Å². The molecule has 0 unspecified atom stereocenters. The Balaban J connectivity index is 1.76. The van der Waals surface area contributed by atoms with E-state index in [-0.39, 0.29) is 12.6 Å². The number of hydrogen-bond donors (Lipinski definition) is 1. The van der Waals surface area contributed by atoms with Gasteiger partial charge in [0, 0.05) is 22.9 Å². The Morgan fingerprint density at radius 2 is 1.93 bits per heavy atom. The third-order valence-electron chi connectivity index (χ3n) is 4.94. The fraction of sp³-hybridized carbons (Fsp3) is 0.150. The van der Waals surface area contributed by atoms with Crippen LogP contribution in [0.2, 0.25) is 5.15 Å². The van der Waals surface area contributed by atoms with Crippen LogP contribution in [0.4, 0.5) is 4.39 Å². The minimum atomic E-state index is -0.941. The molecular weight excluding hydrogens is 383 g/mol. The molecule has 2 N–H and O–H groups in total. The summed E-state index contributed by atoms with van der Waals surface area (Å²) in [7, 11) is 0. The van der Waals surface area contributed by atoms with Crippen LogP contribution < -0.4 is 10.5 Å². The van der Waals surface area contributed by atoms with Crippen LogP contribution in [0.15, 0.2) is 47.7 Å². The Bertz CT molecular complexity index is 1170. The molecule has 2 aliphatic heterocycles. The number of aliphatic imine (C=N–C) groups is 1. The SMILES string of the molecule is Cc1cnc(F)c(-c2ccc3c(c2)[C@@]2(COC(N)=N2)c2cc(Cl)ncc2O3)c1. The fourth-order valence-electron chi connectivity index (χ4n) is 3.66. The van der Waals surface area contributed by atoms with Crippen molar-refractivity contribution in [2.75, 3.05) is 6.61 Å². The van der Waals surface area contributed by atoms with Crippen molar-refractivity contribution in [2.45, 2.75) is 12.5 Å². The molecule has 8 heteroatoms. The first-order valence-corrected chi connectivity index (χ1v) is 8.93. The van der Waals surface area contributed by atoms with E-state index in [0.717, 1.165) is 5.56 Å². The molecule has 1 aromatic carbocycles. The zero-order chi connectivity index (χ0) is 19.5. The Hall–Kier alpha value is -3.19. The number of aryl methyl sites for hydroxylation is 1. The lowest BCUT2D eigenvalue weighted by molar-refractivity contribution is 0.264. The monoisotopic (exact) mass is 396 g/mol.